The maximum atomic E-state index is 12.8. The molecule has 0 spiro atoms. The molecule has 1 amide bonds. The quantitative estimate of drug-likeness (QED) is 0.806. The molecular formula is C19H25N3O3. The van der Waals surface area contributed by atoms with E-state index in [1.165, 1.54) is 6.39 Å². The molecule has 1 atom stereocenters. The van der Waals surface area contributed by atoms with Gasteiger partial charge in [-0.25, -0.2) is 0 Å². The van der Waals surface area contributed by atoms with E-state index < -0.39 is 6.10 Å². The first-order valence-electron chi connectivity index (χ1n) is 8.93. The first-order valence-corrected chi connectivity index (χ1v) is 8.93. The molecule has 134 valence electrons. The van der Waals surface area contributed by atoms with Crippen molar-refractivity contribution in [3.8, 4) is 5.75 Å². The minimum atomic E-state index is -0.421. The summed E-state index contributed by atoms with van der Waals surface area (Å²) in [6.45, 7) is 5.50. The van der Waals surface area contributed by atoms with E-state index in [0.29, 0.717) is 12.3 Å². The van der Waals surface area contributed by atoms with Crippen LogP contribution >= 0.6 is 0 Å². The number of carbonyl (C=O) groups is 1. The predicted molar refractivity (Wildman–Crippen MR) is 93.2 cm³/mol. The Morgan fingerprint density at radius 3 is 2.76 bits per heavy atom. The zero-order valence-corrected chi connectivity index (χ0v) is 14.9. The molecular weight excluding hydrogens is 318 g/mol. The lowest BCUT2D eigenvalue weighted by molar-refractivity contribution is -0.140. The van der Waals surface area contributed by atoms with E-state index >= 15 is 0 Å². The molecule has 1 aromatic carbocycles. The summed E-state index contributed by atoms with van der Waals surface area (Å²) in [5.41, 5.74) is 1.05. The van der Waals surface area contributed by atoms with Crippen molar-refractivity contribution in [2.75, 3.05) is 13.1 Å². The molecule has 25 heavy (non-hydrogen) atoms. The fraction of sp³-hybridized carbons (Fsp3) is 0.526. The van der Waals surface area contributed by atoms with Gasteiger partial charge in [0.1, 0.15) is 5.75 Å². The molecule has 0 bridgehead atoms. The van der Waals surface area contributed by atoms with Crippen molar-refractivity contribution in [1.29, 1.82) is 0 Å². The van der Waals surface area contributed by atoms with Crippen LogP contribution in [0.4, 0.5) is 0 Å². The lowest BCUT2D eigenvalue weighted by atomic mass is 9.93. The highest BCUT2D eigenvalue weighted by atomic mass is 16.5. The van der Waals surface area contributed by atoms with E-state index in [1.54, 1.807) is 0 Å². The lowest BCUT2D eigenvalue weighted by Crippen LogP contribution is -2.46. The maximum Gasteiger partial charge on any atom is 0.263 e. The van der Waals surface area contributed by atoms with E-state index in [2.05, 4.69) is 10.1 Å². The second-order valence-corrected chi connectivity index (χ2v) is 6.60. The highest BCUT2D eigenvalue weighted by Crippen LogP contribution is 2.23. The normalized spacial score (nSPS) is 16.6. The fourth-order valence-electron chi connectivity index (χ4n) is 3.25. The third-order valence-corrected chi connectivity index (χ3v) is 4.81. The van der Waals surface area contributed by atoms with Gasteiger partial charge < -0.3 is 14.2 Å². The number of amides is 1. The van der Waals surface area contributed by atoms with Gasteiger partial charge in [-0.2, -0.15) is 4.98 Å². The minimum absolute atomic E-state index is 0.0868. The SMILES string of the molecule is CCC(Oc1ccccc1C)C(=O)N1CCC(Cc2ncon2)CC1. The summed E-state index contributed by atoms with van der Waals surface area (Å²) in [7, 11) is 0. The molecule has 1 aliphatic heterocycles. The fourth-order valence-corrected chi connectivity index (χ4v) is 3.25. The van der Waals surface area contributed by atoms with Crippen molar-refractivity contribution >= 4 is 5.91 Å². The van der Waals surface area contributed by atoms with Crippen LogP contribution < -0.4 is 4.74 Å². The number of piperidine rings is 1. The largest absolute Gasteiger partial charge is 0.480 e. The van der Waals surface area contributed by atoms with Gasteiger partial charge in [-0.1, -0.05) is 30.3 Å². The summed E-state index contributed by atoms with van der Waals surface area (Å²) >= 11 is 0. The molecule has 2 heterocycles. The van der Waals surface area contributed by atoms with Crippen LogP contribution in [-0.2, 0) is 11.2 Å². The Kier molecular flexibility index (Phi) is 5.68. The smallest absolute Gasteiger partial charge is 0.263 e. The van der Waals surface area contributed by atoms with Gasteiger partial charge >= 0.3 is 0 Å². The van der Waals surface area contributed by atoms with E-state index in [0.717, 1.165) is 49.5 Å². The molecule has 6 heteroatoms. The lowest BCUT2D eigenvalue weighted by Gasteiger charge is -2.33. The molecule has 3 rings (SSSR count). The molecule has 0 aliphatic carbocycles. The molecule has 1 fully saturated rings. The topological polar surface area (TPSA) is 68.5 Å². The van der Waals surface area contributed by atoms with Crippen LogP contribution in [-0.4, -0.2) is 40.1 Å². The predicted octanol–water partition coefficient (Wildman–Crippen LogP) is 3.02. The Morgan fingerprint density at radius 2 is 2.12 bits per heavy atom. The van der Waals surface area contributed by atoms with Gasteiger partial charge in [0.25, 0.3) is 5.91 Å². The third kappa shape index (κ3) is 4.38. The highest BCUT2D eigenvalue weighted by Gasteiger charge is 2.29. The Bertz CT molecular complexity index is 679. The summed E-state index contributed by atoms with van der Waals surface area (Å²) in [5, 5.41) is 3.87. The van der Waals surface area contributed by atoms with Crippen LogP contribution in [0.2, 0.25) is 0 Å². The Morgan fingerprint density at radius 1 is 1.36 bits per heavy atom. The molecule has 2 aromatic rings. The number of rotatable bonds is 6. The average Bonchev–Trinajstić information content (AvgIpc) is 3.14. The van der Waals surface area contributed by atoms with Crippen molar-refractivity contribution in [2.24, 2.45) is 5.92 Å². The number of benzene rings is 1. The van der Waals surface area contributed by atoms with E-state index in [4.69, 9.17) is 9.26 Å². The molecule has 0 N–H and O–H groups in total. The van der Waals surface area contributed by atoms with E-state index in [1.807, 2.05) is 43.0 Å². The molecule has 1 aliphatic rings. The van der Waals surface area contributed by atoms with Gasteiger partial charge in [-0.3, -0.25) is 4.79 Å². The zero-order chi connectivity index (χ0) is 17.6. The highest BCUT2D eigenvalue weighted by molar-refractivity contribution is 5.81. The molecule has 0 radical (unpaired) electrons. The van der Waals surface area contributed by atoms with Crippen molar-refractivity contribution in [3.05, 3.63) is 42.0 Å². The Balaban J connectivity index is 1.54. The standard InChI is InChI=1S/C19H25N3O3/c1-3-16(25-17-7-5-4-6-14(17)2)19(23)22-10-8-15(9-11-22)12-18-20-13-24-21-18/h4-7,13,15-16H,3,8-12H2,1-2H3. The Hall–Kier alpha value is -2.37. The van der Waals surface area contributed by atoms with Crippen LogP contribution in [0.5, 0.6) is 5.75 Å². The second kappa shape index (κ2) is 8.14. The van der Waals surface area contributed by atoms with Crippen molar-refractivity contribution < 1.29 is 14.1 Å². The van der Waals surface area contributed by atoms with Crippen molar-refractivity contribution in [3.63, 3.8) is 0 Å². The summed E-state index contributed by atoms with van der Waals surface area (Å²) in [4.78, 5) is 18.8. The van der Waals surface area contributed by atoms with Crippen LogP contribution in [0.3, 0.4) is 0 Å². The summed E-state index contributed by atoms with van der Waals surface area (Å²) in [6, 6.07) is 7.82. The number of nitrogens with zero attached hydrogens (tertiary/aromatic N) is 3. The van der Waals surface area contributed by atoms with Crippen LogP contribution in [0.1, 0.15) is 37.6 Å². The number of hydrogen-bond acceptors (Lipinski definition) is 5. The number of ether oxygens (including phenoxy) is 1. The number of hydrogen-bond donors (Lipinski definition) is 0. The van der Waals surface area contributed by atoms with Crippen LogP contribution in [0, 0.1) is 12.8 Å². The number of carbonyl (C=O) groups excluding carboxylic acids is 1. The van der Waals surface area contributed by atoms with Gasteiger partial charge in [0, 0.05) is 19.5 Å². The number of likely N-dealkylation sites (tertiary alicyclic amines) is 1. The number of aromatic nitrogens is 2. The molecule has 1 unspecified atom stereocenters. The maximum absolute atomic E-state index is 12.8. The summed E-state index contributed by atoms with van der Waals surface area (Å²) in [6.07, 6.45) is 4.34. The first-order chi connectivity index (χ1) is 12.2. The average molecular weight is 343 g/mol. The summed E-state index contributed by atoms with van der Waals surface area (Å²) in [5.74, 6) is 2.12. The van der Waals surface area contributed by atoms with E-state index in [-0.39, 0.29) is 5.91 Å². The Labute approximate surface area is 148 Å². The monoisotopic (exact) mass is 343 g/mol. The van der Waals surface area contributed by atoms with Crippen molar-refractivity contribution in [1.82, 2.24) is 15.0 Å². The van der Waals surface area contributed by atoms with Gasteiger partial charge in [0.2, 0.25) is 6.39 Å². The first kappa shape index (κ1) is 17.5. The van der Waals surface area contributed by atoms with E-state index in [9.17, 15) is 4.79 Å². The molecule has 6 nitrogen and oxygen atoms in total. The van der Waals surface area contributed by atoms with Crippen molar-refractivity contribution in [2.45, 2.75) is 45.6 Å². The van der Waals surface area contributed by atoms with Gasteiger partial charge in [-0.05, 0) is 43.7 Å². The molecule has 0 saturated carbocycles. The molecule has 1 saturated heterocycles. The number of para-hydroxylation sites is 1. The zero-order valence-electron chi connectivity index (χ0n) is 14.9. The number of aryl methyl sites for hydroxylation is 1. The summed E-state index contributed by atoms with van der Waals surface area (Å²) < 4.78 is 10.8. The minimum Gasteiger partial charge on any atom is -0.480 e. The van der Waals surface area contributed by atoms with Gasteiger partial charge in [0.15, 0.2) is 11.9 Å². The second-order valence-electron chi connectivity index (χ2n) is 6.60. The van der Waals surface area contributed by atoms with Gasteiger partial charge in [0.05, 0.1) is 0 Å². The third-order valence-electron chi connectivity index (χ3n) is 4.81. The molecule has 1 aromatic heterocycles. The van der Waals surface area contributed by atoms with Crippen LogP contribution in [0.15, 0.2) is 35.2 Å². The van der Waals surface area contributed by atoms with Gasteiger partial charge in [-0.15, -0.1) is 0 Å². The van der Waals surface area contributed by atoms with Crippen LogP contribution in [0.25, 0.3) is 0 Å².